The fourth-order valence-corrected chi connectivity index (χ4v) is 4.42. The fraction of sp³-hybridized carbons (Fsp3) is 0.320. The predicted molar refractivity (Wildman–Crippen MR) is 119 cm³/mol. The van der Waals surface area contributed by atoms with E-state index in [2.05, 4.69) is 40.1 Å². The molecule has 5 heteroatoms. The zero-order chi connectivity index (χ0) is 21.1. The van der Waals surface area contributed by atoms with Gasteiger partial charge in [0.05, 0.1) is 5.56 Å². The van der Waals surface area contributed by atoms with Crippen molar-refractivity contribution in [1.29, 1.82) is 0 Å². The number of carboxylic acids is 1. The van der Waals surface area contributed by atoms with Crippen molar-refractivity contribution in [2.24, 2.45) is 0 Å². The number of aromatic carboxylic acids is 1. The molecule has 3 aromatic rings. The zero-order valence-corrected chi connectivity index (χ0v) is 17.5. The molecule has 1 aliphatic carbocycles. The summed E-state index contributed by atoms with van der Waals surface area (Å²) >= 11 is 0. The van der Waals surface area contributed by atoms with E-state index in [0.717, 1.165) is 54.9 Å². The highest BCUT2D eigenvalue weighted by molar-refractivity contribution is 5.89. The van der Waals surface area contributed by atoms with Crippen molar-refractivity contribution in [2.75, 3.05) is 11.9 Å². The summed E-state index contributed by atoms with van der Waals surface area (Å²) in [5, 5.41) is 9.42. The van der Waals surface area contributed by atoms with Crippen molar-refractivity contribution < 1.29 is 9.90 Å². The normalized spacial score (nSPS) is 15.5. The molecule has 0 saturated carbocycles. The zero-order valence-electron chi connectivity index (χ0n) is 17.5. The molecule has 1 aromatic carbocycles. The number of aromatic nitrogens is 2. The van der Waals surface area contributed by atoms with Crippen LogP contribution in [0.3, 0.4) is 0 Å². The average molecular weight is 402 g/mol. The van der Waals surface area contributed by atoms with E-state index in [0.29, 0.717) is 11.5 Å². The van der Waals surface area contributed by atoms with Gasteiger partial charge in [-0.3, -0.25) is 4.98 Å². The van der Waals surface area contributed by atoms with Crippen molar-refractivity contribution in [1.82, 2.24) is 9.97 Å². The molecule has 4 rings (SSSR count). The van der Waals surface area contributed by atoms with Crippen LogP contribution in [-0.2, 0) is 12.8 Å². The summed E-state index contributed by atoms with van der Waals surface area (Å²) < 4.78 is 0. The Labute approximate surface area is 177 Å². The number of carbonyl (C=O) groups is 1. The van der Waals surface area contributed by atoms with Gasteiger partial charge in [-0.05, 0) is 92.0 Å². The van der Waals surface area contributed by atoms with Crippen LogP contribution < -0.4 is 4.90 Å². The fourth-order valence-electron chi connectivity index (χ4n) is 4.42. The molecule has 0 saturated heterocycles. The summed E-state index contributed by atoms with van der Waals surface area (Å²) in [6, 6.07) is 14.4. The number of anilines is 2. The number of pyridine rings is 2. The molecule has 5 nitrogen and oxygen atoms in total. The molecule has 2 aromatic heterocycles. The smallest absolute Gasteiger partial charge is 0.336 e. The lowest BCUT2D eigenvalue weighted by molar-refractivity contribution is 0.0695. The minimum atomic E-state index is -0.881. The second-order valence-electron chi connectivity index (χ2n) is 8.05. The monoisotopic (exact) mass is 401 g/mol. The Balaban J connectivity index is 1.53. The number of hydrogen-bond donors (Lipinski definition) is 1. The van der Waals surface area contributed by atoms with Gasteiger partial charge in [0.15, 0.2) is 0 Å². The predicted octanol–water partition coefficient (Wildman–Crippen LogP) is 5.30. The molecule has 0 spiro atoms. The maximum atomic E-state index is 11.5. The first-order chi connectivity index (χ1) is 14.5. The maximum Gasteiger partial charge on any atom is 0.336 e. The summed E-state index contributed by atoms with van der Waals surface area (Å²) in [6.45, 7) is 2.01. The van der Waals surface area contributed by atoms with E-state index in [-0.39, 0.29) is 0 Å². The largest absolute Gasteiger partial charge is 0.478 e. The van der Waals surface area contributed by atoms with Gasteiger partial charge in [-0.15, -0.1) is 0 Å². The number of fused-ring (bicyclic) bond motifs is 1. The van der Waals surface area contributed by atoms with Crippen LogP contribution in [0.1, 0.15) is 57.9 Å². The molecule has 154 valence electrons. The highest BCUT2D eigenvalue weighted by Crippen LogP contribution is 2.37. The summed E-state index contributed by atoms with van der Waals surface area (Å²) in [5.74, 6) is 0.515. The quantitative estimate of drug-likeness (QED) is 0.607. The molecular formula is C25H27N3O2. The number of aryl methyl sites for hydroxylation is 3. The number of rotatable bonds is 6. The van der Waals surface area contributed by atoms with Crippen LogP contribution in [-0.4, -0.2) is 28.1 Å². The molecule has 0 amide bonds. The number of carboxylic acid groups (broad SMARTS) is 1. The van der Waals surface area contributed by atoms with Crippen LogP contribution in [0.4, 0.5) is 11.5 Å². The number of benzene rings is 1. The third-order valence-electron chi connectivity index (χ3n) is 6.07. The Bertz CT molecular complexity index is 1060. The standard InChI is InChI=1S/C25H27N3O2/c1-17-5-3-8-24(27-17)28(2)21-11-12-22-18(6-4-7-19(22)15-21)9-10-20-16-26-14-13-23(20)25(29)30/h3,5,8,11-16,18H,4,6-7,9-10H2,1-2H3,(H,29,30)/t18-/m0/s1. The van der Waals surface area contributed by atoms with Gasteiger partial charge in [-0.2, -0.15) is 0 Å². The summed E-state index contributed by atoms with van der Waals surface area (Å²) in [4.78, 5) is 22.4. The van der Waals surface area contributed by atoms with Crippen LogP contribution in [0.5, 0.6) is 0 Å². The third kappa shape index (κ3) is 4.20. The average Bonchev–Trinajstić information content (AvgIpc) is 2.76. The Hall–Kier alpha value is -3.21. The van der Waals surface area contributed by atoms with Crippen LogP contribution in [0.15, 0.2) is 54.9 Å². The van der Waals surface area contributed by atoms with Gasteiger partial charge in [0.2, 0.25) is 0 Å². The van der Waals surface area contributed by atoms with Crippen LogP contribution in [0.2, 0.25) is 0 Å². The molecule has 0 fully saturated rings. The van der Waals surface area contributed by atoms with E-state index < -0.39 is 5.97 Å². The van der Waals surface area contributed by atoms with Crippen molar-refractivity contribution in [2.45, 2.75) is 44.9 Å². The van der Waals surface area contributed by atoms with Gasteiger partial charge in [-0.25, -0.2) is 9.78 Å². The van der Waals surface area contributed by atoms with Gasteiger partial charge >= 0.3 is 5.97 Å². The molecule has 30 heavy (non-hydrogen) atoms. The Morgan fingerprint density at radius 3 is 2.90 bits per heavy atom. The minimum absolute atomic E-state index is 0.365. The molecule has 2 heterocycles. The molecule has 0 aliphatic heterocycles. The molecule has 0 unspecified atom stereocenters. The van der Waals surface area contributed by atoms with Crippen LogP contribution >= 0.6 is 0 Å². The maximum absolute atomic E-state index is 11.5. The second kappa shape index (κ2) is 8.66. The van der Waals surface area contributed by atoms with E-state index in [9.17, 15) is 9.90 Å². The van der Waals surface area contributed by atoms with Crippen molar-refractivity contribution in [3.8, 4) is 0 Å². The van der Waals surface area contributed by atoms with E-state index in [4.69, 9.17) is 0 Å². The molecule has 1 aliphatic rings. The summed E-state index contributed by atoms with van der Waals surface area (Å²) in [7, 11) is 2.06. The SMILES string of the molecule is Cc1cccc(N(C)c2ccc3c(c2)CCC[C@H]3CCc2cnccc2C(=O)O)n1. The van der Waals surface area contributed by atoms with Gasteiger partial charge in [0.1, 0.15) is 5.82 Å². The van der Waals surface area contributed by atoms with Crippen LogP contribution in [0, 0.1) is 6.92 Å². The molecule has 0 radical (unpaired) electrons. The minimum Gasteiger partial charge on any atom is -0.478 e. The Morgan fingerprint density at radius 2 is 2.10 bits per heavy atom. The lowest BCUT2D eigenvalue weighted by Gasteiger charge is -2.28. The highest BCUT2D eigenvalue weighted by atomic mass is 16.4. The Kier molecular flexibility index (Phi) is 5.79. The second-order valence-corrected chi connectivity index (χ2v) is 8.05. The first-order valence-corrected chi connectivity index (χ1v) is 10.5. The summed E-state index contributed by atoms with van der Waals surface area (Å²) in [5.41, 5.74) is 6.13. The Morgan fingerprint density at radius 1 is 1.23 bits per heavy atom. The first kappa shape index (κ1) is 20.1. The van der Waals surface area contributed by atoms with Gasteiger partial charge in [0.25, 0.3) is 0 Å². The van der Waals surface area contributed by atoms with E-state index >= 15 is 0 Å². The van der Waals surface area contributed by atoms with Gasteiger partial charge in [0, 0.05) is 30.8 Å². The topological polar surface area (TPSA) is 66.3 Å². The molecular weight excluding hydrogens is 374 g/mol. The van der Waals surface area contributed by atoms with Crippen molar-refractivity contribution in [3.63, 3.8) is 0 Å². The van der Waals surface area contributed by atoms with E-state index in [1.165, 1.54) is 11.1 Å². The number of hydrogen-bond acceptors (Lipinski definition) is 4. The van der Waals surface area contributed by atoms with Gasteiger partial charge < -0.3 is 10.0 Å². The molecule has 0 bridgehead atoms. The third-order valence-corrected chi connectivity index (χ3v) is 6.07. The van der Waals surface area contributed by atoms with Crippen LogP contribution in [0.25, 0.3) is 0 Å². The van der Waals surface area contributed by atoms with E-state index in [1.807, 2.05) is 25.1 Å². The van der Waals surface area contributed by atoms with Crippen molar-refractivity contribution in [3.05, 3.63) is 82.8 Å². The lowest BCUT2D eigenvalue weighted by Crippen LogP contribution is -2.15. The lowest BCUT2D eigenvalue weighted by atomic mass is 9.79. The number of nitrogens with zero attached hydrogens (tertiary/aromatic N) is 3. The highest BCUT2D eigenvalue weighted by Gasteiger charge is 2.22. The first-order valence-electron chi connectivity index (χ1n) is 10.5. The van der Waals surface area contributed by atoms with Gasteiger partial charge in [-0.1, -0.05) is 12.1 Å². The molecule has 1 N–H and O–H groups in total. The van der Waals surface area contributed by atoms with E-state index in [1.54, 1.807) is 18.5 Å². The van der Waals surface area contributed by atoms with Crippen molar-refractivity contribution >= 4 is 17.5 Å². The summed E-state index contributed by atoms with van der Waals surface area (Å²) in [6.07, 6.45) is 8.30. The molecule has 1 atom stereocenters.